The molecule has 1 saturated carbocycles. The third kappa shape index (κ3) is 4.26. The molecule has 0 bridgehead atoms. The van der Waals surface area contributed by atoms with Crippen LogP contribution in [-0.4, -0.2) is 26.2 Å². The zero-order valence-electron chi connectivity index (χ0n) is 19.5. The van der Waals surface area contributed by atoms with Crippen LogP contribution in [0.15, 0.2) is 66.7 Å². The molecule has 0 aliphatic heterocycles. The fourth-order valence-corrected chi connectivity index (χ4v) is 4.55. The topological polar surface area (TPSA) is 69.0 Å². The van der Waals surface area contributed by atoms with Gasteiger partial charge >= 0.3 is 6.09 Å². The highest BCUT2D eigenvalue weighted by Crippen LogP contribution is 2.42. The number of hydrogen-bond donors (Lipinski definition) is 1. The lowest BCUT2D eigenvalue weighted by atomic mass is 9.72. The first-order valence-corrected chi connectivity index (χ1v) is 11.8. The summed E-state index contributed by atoms with van der Waals surface area (Å²) in [6, 6.07) is 21.9. The van der Waals surface area contributed by atoms with Gasteiger partial charge in [0.2, 0.25) is 0 Å². The van der Waals surface area contributed by atoms with Crippen LogP contribution >= 0.6 is 11.6 Å². The summed E-state index contributed by atoms with van der Waals surface area (Å²) in [5.74, 6) is 0.795. The highest BCUT2D eigenvalue weighted by atomic mass is 35.5. The van der Waals surface area contributed by atoms with Gasteiger partial charge in [0.05, 0.1) is 5.54 Å². The van der Waals surface area contributed by atoms with E-state index in [2.05, 4.69) is 22.4 Å². The van der Waals surface area contributed by atoms with E-state index in [1.54, 1.807) is 6.07 Å². The Morgan fingerprint density at radius 1 is 1.00 bits per heavy atom. The SMILES string of the molecule is CC(C)(C)OC(=O)NC1(c2ccc(-n3c(-c4ccccc4)nc4ccc(Cl)nc43)cc2)CCC1. The van der Waals surface area contributed by atoms with Gasteiger partial charge in [-0.05, 0) is 69.9 Å². The van der Waals surface area contributed by atoms with Crippen molar-refractivity contribution in [2.24, 2.45) is 0 Å². The molecule has 0 saturated heterocycles. The van der Waals surface area contributed by atoms with E-state index in [9.17, 15) is 4.79 Å². The first-order valence-electron chi connectivity index (χ1n) is 11.5. The number of halogens is 1. The Morgan fingerprint density at radius 3 is 2.32 bits per heavy atom. The number of imidazole rings is 1. The van der Waals surface area contributed by atoms with Gasteiger partial charge in [-0.3, -0.25) is 4.57 Å². The molecule has 7 heteroatoms. The van der Waals surface area contributed by atoms with Crippen LogP contribution in [0.5, 0.6) is 0 Å². The smallest absolute Gasteiger partial charge is 0.408 e. The first kappa shape index (κ1) is 22.4. The van der Waals surface area contributed by atoms with Crippen LogP contribution in [0, 0.1) is 0 Å². The maximum atomic E-state index is 12.5. The zero-order valence-corrected chi connectivity index (χ0v) is 20.3. The Hall–Kier alpha value is -3.38. The quantitative estimate of drug-likeness (QED) is 0.336. The number of rotatable bonds is 4. The van der Waals surface area contributed by atoms with Gasteiger partial charge in [-0.25, -0.2) is 14.8 Å². The van der Waals surface area contributed by atoms with Crippen molar-refractivity contribution in [3.05, 3.63) is 77.4 Å². The number of ether oxygens (including phenoxy) is 1. The van der Waals surface area contributed by atoms with Crippen LogP contribution in [-0.2, 0) is 10.3 Å². The van der Waals surface area contributed by atoms with Crippen LogP contribution in [0.3, 0.4) is 0 Å². The molecule has 1 amide bonds. The molecule has 1 N–H and O–H groups in total. The Morgan fingerprint density at radius 2 is 1.71 bits per heavy atom. The minimum absolute atomic E-state index is 0.387. The number of hydrogen-bond acceptors (Lipinski definition) is 4. The van der Waals surface area contributed by atoms with Crippen molar-refractivity contribution in [2.45, 2.75) is 51.2 Å². The van der Waals surface area contributed by atoms with Gasteiger partial charge in [-0.1, -0.05) is 54.1 Å². The van der Waals surface area contributed by atoms with E-state index in [1.807, 2.05) is 73.9 Å². The summed E-state index contributed by atoms with van der Waals surface area (Å²) >= 11 is 6.23. The van der Waals surface area contributed by atoms with Crippen LogP contribution < -0.4 is 5.32 Å². The molecule has 174 valence electrons. The molecule has 6 nitrogen and oxygen atoms in total. The molecule has 1 fully saturated rings. The number of nitrogens with zero attached hydrogens (tertiary/aromatic N) is 3. The average molecular weight is 475 g/mol. The molecule has 0 radical (unpaired) electrons. The van der Waals surface area contributed by atoms with E-state index in [0.717, 1.165) is 47.4 Å². The largest absolute Gasteiger partial charge is 0.444 e. The molecule has 2 aromatic heterocycles. The molecule has 2 heterocycles. The Labute approximate surface area is 203 Å². The molecular weight excluding hydrogens is 448 g/mol. The summed E-state index contributed by atoms with van der Waals surface area (Å²) in [5, 5.41) is 3.54. The Balaban J connectivity index is 1.53. The molecule has 0 unspecified atom stereocenters. The highest BCUT2D eigenvalue weighted by Gasteiger charge is 2.41. The second-order valence-electron chi connectivity index (χ2n) is 9.72. The van der Waals surface area contributed by atoms with Gasteiger partial charge in [-0.15, -0.1) is 0 Å². The fraction of sp³-hybridized carbons (Fsp3) is 0.296. The molecule has 5 rings (SSSR count). The summed E-state index contributed by atoms with van der Waals surface area (Å²) in [4.78, 5) is 21.9. The van der Waals surface area contributed by atoms with Gasteiger partial charge in [0.15, 0.2) is 5.65 Å². The van der Waals surface area contributed by atoms with Gasteiger partial charge < -0.3 is 10.1 Å². The normalized spacial score (nSPS) is 15.1. The van der Waals surface area contributed by atoms with Crippen LogP contribution in [0.1, 0.15) is 45.6 Å². The third-order valence-electron chi connectivity index (χ3n) is 6.13. The Kier molecular flexibility index (Phi) is 5.56. The third-order valence-corrected chi connectivity index (χ3v) is 6.34. The highest BCUT2D eigenvalue weighted by molar-refractivity contribution is 6.29. The number of alkyl carbamates (subject to hydrolysis) is 1. The zero-order chi connectivity index (χ0) is 23.9. The lowest BCUT2D eigenvalue weighted by Crippen LogP contribution is -2.52. The Bertz CT molecular complexity index is 1340. The molecule has 34 heavy (non-hydrogen) atoms. The monoisotopic (exact) mass is 474 g/mol. The van der Waals surface area contributed by atoms with Gasteiger partial charge in [0, 0.05) is 11.3 Å². The van der Waals surface area contributed by atoms with Gasteiger partial charge in [0.1, 0.15) is 22.1 Å². The van der Waals surface area contributed by atoms with Crippen molar-refractivity contribution in [1.29, 1.82) is 0 Å². The van der Waals surface area contributed by atoms with Gasteiger partial charge in [0.25, 0.3) is 0 Å². The van der Waals surface area contributed by atoms with Crippen molar-refractivity contribution in [3.63, 3.8) is 0 Å². The van der Waals surface area contributed by atoms with Crippen molar-refractivity contribution in [3.8, 4) is 17.1 Å². The minimum Gasteiger partial charge on any atom is -0.444 e. The molecule has 0 spiro atoms. The summed E-state index contributed by atoms with van der Waals surface area (Å²) in [6.45, 7) is 5.61. The van der Waals surface area contributed by atoms with E-state index in [1.165, 1.54) is 0 Å². The molecule has 1 aliphatic rings. The van der Waals surface area contributed by atoms with E-state index in [0.29, 0.717) is 10.8 Å². The predicted molar refractivity (Wildman–Crippen MR) is 134 cm³/mol. The van der Waals surface area contributed by atoms with E-state index >= 15 is 0 Å². The average Bonchev–Trinajstić information content (AvgIpc) is 3.14. The van der Waals surface area contributed by atoms with E-state index in [4.69, 9.17) is 21.3 Å². The number of amides is 1. The van der Waals surface area contributed by atoms with Crippen molar-refractivity contribution in [1.82, 2.24) is 19.9 Å². The van der Waals surface area contributed by atoms with Crippen molar-refractivity contribution in [2.75, 3.05) is 0 Å². The van der Waals surface area contributed by atoms with Crippen LogP contribution in [0.2, 0.25) is 5.15 Å². The van der Waals surface area contributed by atoms with E-state index in [-0.39, 0.29) is 6.09 Å². The summed E-state index contributed by atoms with van der Waals surface area (Å²) in [7, 11) is 0. The summed E-state index contributed by atoms with van der Waals surface area (Å²) < 4.78 is 7.54. The number of carbonyl (C=O) groups excluding carboxylic acids is 1. The fourth-order valence-electron chi connectivity index (χ4n) is 4.40. The molecule has 4 aromatic rings. The predicted octanol–water partition coefficient (Wildman–Crippen LogP) is 6.64. The molecule has 1 aliphatic carbocycles. The van der Waals surface area contributed by atoms with E-state index < -0.39 is 11.1 Å². The molecular formula is C27H27ClN4O2. The second-order valence-corrected chi connectivity index (χ2v) is 10.1. The van der Waals surface area contributed by atoms with Crippen molar-refractivity contribution >= 4 is 28.9 Å². The summed E-state index contributed by atoms with van der Waals surface area (Å²) in [6.07, 6.45) is 2.43. The number of pyridine rings is 1. The summed E-state index contributed by atoms with van der Waals surface area (Å²) in [5.41, 5.74) is 3.50. The minimum atomic E-state index is -0.538. The standard InChI is InChI=1S/C27H27ClN4O2/c1-26(2,3)34-25(33)31-27(16-7-17-27)19-10-12-20(13-11-19)32-23(18-8-5-4-6-9-18)29-21-14-15-22(28)30-24(21)32/h4-6,8-15H,7,16-17H2,1-3H3,(H,31,33). The molecule has 2 aromatic carbocycles. The number of fused-ring (bicyclic) bond motifs is 1. The maximum Gasteiger partial charge on any atom is 0.408 e. The van der Waals surface area contributed by atoms with Crippen molar-refractivity contribution < 1.29 is 9.53 Å². The van der Waals surface area contributed by atoms with Crippen LogP contribution in [0.4, 0.5) is 4.79 Å². The number of benzene rings is 2. The second kappa shape index (κ2) is 8.44. The number of aromatic nitrogens is 3. The maximum absolute atomic E-state index is 12.5. The number of carbonyl (C=O) groups is 1. The van der Waals surface area contributed by atoms with Crippen LogP contribution in [0.25, 0.3) is 28.2 Å². The first-order chi connectivity index (χ1) is 16.2. The lowest BCUT2D eigenvalue weighted by molar-refractivity contribution is 0.0377. The lowest BCUT2D eigenvalue weighted by Gasteiger charge is -2.43. The number of nitrogens with one attached hydrogen (secondary N) is 1. The van der Waals surface area contributed by atoms with Gasteiger partial charge in [-0.2, -0.15) is 0 Å². The molecule has 0 atom stereocenters.